The highest BCUT2D eigenvalue weighted by molar-refractivity contribution is 5.91. The van der Waals surface area contributed by atoms with Crippen molar-refractivity contribution < 1.29 is 14.1 Å². The van der Waals surface area contributed by atoms with Crippen molar-refractivity contribution in [2.45, 2.75) is 33.8 Å². The minimum absolute atomic E-state index is 0.0247. The smallest absolute Gasteiger partial charge is 0.252 e. The number of aromatic nitrogens is 1. The predicted octanol–water partition coefficient (Wildman–Crippen LogP) is 1.65. The molecule has 0 saturated carbocycles. The van der Waals surface area contributed by atoms with E-state index in [4.69, 9.17) is 9.26 Å². The van der Waals surface area contributed by atoms with Gasteiger partial charge in [-0.2, -0.15) is 0 Å². The average molecular weight is 212 g/mol. The van der Waals surface area contributed by atoms with E-state index in [1.165, 1.54) is 0 Å². The van der Waals surface area contributed by atoms with Crippen molar-refractivity contribution in [2.75, 3.05) is 11.9 Å². The SMILES string of the molecule is Cc1noc(NC(=O)COC(C)C)c1C. The Morgan fingerprint density at radius 1 is 1.53 bits per heavy atom. The van der Waals surface area contributed by atoms with Gasteiger partial charge in [0.25, 0.3) is 5.91 Å². The van der Waals surface area contributed by atoms with Crippen LogP contribution in [0, 0.1) is 13.8 Å². The van der Waals surface area contributed by atoms with Gasteiger partial charge in [0.15, 0.2) is 0 Å². The molecule has 1 N–H and O–H groups in total. The summed E-state index contributed by atoms with van der Waals surface area (Å²) in [7, 11) is 0. The van der Waals surface area contributed by atoms with Crippen LogP contribution in [0.15, 0.2) is 4.52 Å². The van der Waals surface area contributed by atoms with Gasteiger partial charge in [0.2, 0.25) is 5.88 Å². The summed E-state index contributed by atoms with van der Waals surface area (Å²) in [6.45, 7) is 7.43. The molecule has 1 rings (SSSR count). The number of nitrogens with one attached hydrogen (secondary N) is 1. The van der Waals surface area contributed by atoms with Crippen LogP contribution in [0.5, 0.6) is 0 Å². The van der Waals surface area contributed by atoms with Crippen LogP contribution in [0.1, 0.15) is 25.1 Å². The van der Waals surface area contributed by atoms with Gasteiger partial charge in [0, 0.05) is 5.56 Å². The van der Waals surface area contributed by atoms with Crippen molar-refractivity contribution in [1.29, 1.82) is 0 Å². The lowest BCUT2D eigenvalue weighted by molar-refractivity contribution is -0.122. The molecule has 0 aliphatic rings. The predicted molar refractivity (Wildman–Crippen MR) is 55.7 cm³/mol. The Balaban J connectivity index is 2.48. The summed E-state index contributed by atoms with van der Waals surface area (Å²) in [6, 6.07) is 0. The summed E-state index contributed by atoms with van der Waals surface area (Å²) in [4.78, 5) is 11.4. The molecule has 1 amide bonds. The maximum Gasteiger partial charge on any atom is 0.252 e. The lowest BCUT2D eigenvalue weighted by Gasteiger charge is -2.06. The Bertz CT molecular complexity index is 344. The number of hydrogen-bond acceptors (Lipinski definition) is 4. The van der Waals surface area contributed by atoms with E-state index in [0.29, 0.717) is 5.88 Å². The number of carbonyl (C=O) groups is 1. The van der Waals surface area contributed by atoms with Gasteiger partial charge < -0.3 is 9.26 Å². The van der Waals surface area contributed by atoms with Crippen molar-refractivity contribution >= 4 is 11.8 Å². The average Bonchev–Trinajstić information content (AvgIpc) is 2.47. The highest BCUT2D eigenvalue weighted by Crippen LogP contribution is 2.16. The fourth-order valence-electron chi connectivity index (χ4n) is 0.937. The van der Waals surface area contributed by atoms with Crippen LogP contribution in [-0.2, 0) is 9.53 Å². The number of aryl methyl sites for hydroxylation is 1. The Hall–Kier alpha value is -1.36. The van der Waals surface area contributed by atoms with Crippen molar-refractivity contribution in [3.05, 3.63) is 11.3 Å². The maximum atomic E-state index is 11.4. The summed E-state index contributed by atoms with van der Waals surface area (Å²) in [5, 5.41) is 6.33. The van der Waals surface area contributed by atoms with Crippen LogP contribution in [0.25, 0.3) is 0 Å². The lowest BCUT2D eigenvalue weighted by atomic mass is 10.3. The minimum atomic E-state index is -0.233. The molecule has 15 heavy (non-hydrogen) atoms. The third-order valence-electron chi connectivity index (χ3n) is 1.96. The second kappa shape index (κ2) is 4.93. The molecule has 0 aromatic carbocycles. The number of carbonyl (C=O) groups excluding carboxylic acids is 1. The molecule has 1 aromatic heterocycles. The van der Waals surface area contributed by atoms with Gasteiger partial charge in [0.1, 0.15) is 6.61 Å². The Labute approximate surface area is 88.8 Å². The van der Waals surface area contributed by atoms with Gasteiger partial charge >= 0.3 is 0 Å². The molecule has 5 nitrogen and oxygen atoms in total. The second-order valence-corrected chi connectivity index (χ2v) is 3.63. The molecule has 0 spiro atoms. The van der Waals surface area contributed by atoms with Crippen molar-refractivity contribution in [3.63, 3.8) is 0 Å². The molecule has 0 radical (unpaired) electrons. The standard InChI is InChI=1S/C10H16N2O3/c1-6(2)14-5-9(13)11-10-7(3)8(4)12-15-10/h6H,5H2,1-4H3,(H,11,13). The molecule has 1 heterocycles. The van der Waals surface area contributed by atoms with E-state index in [9.17, 15) is 4.79 Å². The first-order chi connectivity index (χ1) is 7.00. The van der Waals surface area contributed by atoms with Crippen LogP contribution in [0.3, 0.4) is 0 Å². The fourth-order valence-corrected chi connectivity index (χ4v) is 0.937. The fraction of sp³-hybridized carbons (Fsp3) is 0.600. The highest BCUT2D eigenvalue weighted by atomic mass is 16.5. The third-order valence-corrected chi connectivity index (χ3v) is 1.96. The third kappa shape index (κ3) is 3.36. The molecule has 0 aliphatic heterocycles. The molecule has 1 aromatic rings. The van der Waals surface area contributed by atoms with E-state index >= 15 is 0 Å². The number of hydrogen-bond donors (Lipinski definition) is 1. The van der Waals surface area contributed by atoms with Crippen molar-refractivity contribution in [3.8, 4) is 0 Å². The Morgan fingerprint density at radius 3 is 2.67 bits per heavy atom. The summed E-state index contributed by atoms with van der Waals surface area (Å²) in [5.74, 6) is 0.160. The first kappa shape index (κ1) is 11.7. The Morgan fingerprint density at radius 2 is 2.20 bits per heavy atom. The van der Waals surface area contributed by atoms with Crippen LogP contribution in [-0.4, -0.2) is 23.8 Å². The zero-order valence-electron chi connectivity index (χ0n) is 9.46. The van der Waals surface area contributed by atoms with Gasteiger partial charge in [-0.3, -0.25) is 10.1 Å². The van der Waals surface area contributed by atoms with E-state index < -0.39 is 0 Å². The second-order valence-electron chi connectivity index (χ2n) is 3.63. The zero-order chi connectivity index (χ0) is 11.4. The summed E-state index contributed by atoms with van der Waals surface area (Å²) in [6.07, 6.45) is 0.0355. The molecule has 0 saturated heterocycles. The first-order valence-corrected chi connectivity index (χ1v) is 4.85. The first-order valence-electron chi connectivity index (χ1n) is 4.85. The molecule has 0 unspecified atom stereocenters. The van der Waals surface area contributed by atoms with Crippen LogP contribution < -0.4 is 5.32 Å². The molecule has 5 heteroatoms. The molecule has 0 atom stereocenters. The van der Waals surface area contributed by atoms with Gasteiger partial charge in [-0.1, -0.05) is 5.16 Å². The number of amides is 1. The Kier molecular flexibility index (Phi) is 3.85. The van der Waals surface area contributed by atoms with E-state index in [1.54, 1.807) is 0 Å². The van der Waals surface area contributed by atoms with Gasteiger partial charge in [-0.25, -0.2) is 0 Å². The molecule has 84 valence electrons. The van der Waals surface area contributed by atoms with Crippen LogP contribution in [0.4, 0.5) is 5.88 Å². The quantitative estimate of drug-likeness (QED) is 0.824. The molecule has 0 bridgehead atoms. The molecule has 0 fully saturated rings. The van der Waals surface area contributed by atoms with E-state index in [0.717, 1.165) is 11.3 Å². The van der Waals surface area contributed by atoms with E-state index in [2.05, 4.69) is 10.5 Å². The van der Waals surface area contributed by atoms with E-state index in [-0.39, 0.29) is 18.6 Å². The van der Waals surface area contributed by atoms with Gasteiger partial charge in [0.05, 0.1) is 11.8 Å². The largest absolute Gasteiger partial charge is 0.369 e. The number of rotatable bonds is 4. The van der Waals surface area contributed by atoms with E-state index in [1.807, 2.05) is 27.7 Å². The summed E-state index contributed by atoms with van der Waals surface area (Å²) in [5.41, 5.74) is 1.61. The van der Waals surface area contributed by atoms with Crippen molar-refractivity contribution in [2.24, 2.45) is 0 Å². The molecular formula is C10H16N2O3. The number of nitrogens with zero attached hydrogens (tertiary/aromatic N) is 1. The van der Waals surface area contributed by atoms with Gasteiger partial charge in [-0.05, 0) is 27.7 Å². The summed E-state index contributed by atoms with van der Waals surface area (Å²) < 4.78 is 10.1. The number of anilines is 1. The monoisotopic (exact) mass is 212 g/mol. The molecular weight excluding hydrogens is 196 g/mol. The zero-order valence-corrected chi connectivity index (χ0v) is 9.46. The van der Waals surface area contributed by atoms with Crippen molar-refractivity contribution in [1.82, 2.24) is 5.16 Å². The van der Waals surface area contributed by atoms with Crippen LogP contribution in [0.2, 0.25) is 0 Å². The van der Waals surface area contributed by atoms with Gasteiger partial charge in [-0.15, -0.1) is 0 Å². The minimum Gasteiger partial charge on any atom is -0.369 e. The van der Waals surface area contributed by atoms with Crippen LogP contribution >= 0.6 is 0 Å². The highest BCUT2D eigenvalue weighted by Gasteiger charge is 2.11. The lowest BCUT2D eigenvalue weighted by Crippen LogP contribution is -2.20. The maximum absolute atomic E-state index is 11.4. The normalized spacial score (nSPS) is 10.7. The molecule has 0 aliphatic carbocycles. The number of ether oxygens (including phenoxy) is 1. The summed E-state index contributed by atoms with van der Waals surface area (Å²) >= 11 is 0. The topological polar surface area (TPSA) is 64.4 Å².